The average Bonchev–Trinajstić information content (AvgIpc) is 2.74. The number of aliphatic hydroxyl groups excluding tert-OH is 1. The summed E-state index contributed by atoms with van der Waals surface area (Å²) in [5.74, 6) is 0. The van der Waals surface area contributed by atoms with E-state index < -0.39 is 10.0 Å². The Morgan fingerprint density at radius 3 is 2.50 bits per heavy atom. The van der Waals surface area contributed by atoms with E-state index in [4.69, 9.17) is 5.11 Å². The number of aliphatic hydroxyl groups is 1. The lowest BCUT2D eigenvalue weighted by molar-refractivity contribution is 0.282. The summed E-state index contributed by atoms with van der Waals surface area (Å²) in [4.78, 5) is 4.19. The molecule has 0 aliphatic rings. The molecule has 0 saturated carbocycles. The van der Waals surface area contributed by atoms with Crippen molar-refractivity contribution in [3.63, 3.8) is 0 Å². The van der Waals surface area contributed by atoms with Gasteiger partial charge >= 0.3 is 0 Å². The minimum atomic E-state index is -3.61. The van der Waals surface area contributed by atoms with Crippen LogP contribution in [-0.2, 0) is 16.6 Å². The molecule has 96 valence electrons. The molecule has 0 radical (unpaired) electrons. The number of thiazole rings is 1. The van der Waals surface area contributed by atoms with Crippen molar-refractivity contribution >= 4 is 26.5 Å². The van der Waals surface area contributed by atoms with Crippen LogP contribution in [0.4, 0.5) is 5.13 Å². The van der Waals surface area contributed by atoms with Crippen molar-refractivity contribution in [1.82, 2.24) is 4.98 Å². The summed E-state index contributed by atoms with van der Waals surface area (Å²) in [6.07, 6.45) is 0. The van der Waals surface area contributed by atoms with Crippen LogP contribution in [0.5, 0.6) is 0 Å². The Hall–Kier alpha value is -1.44. The van der Waals surface area contributed by atoms with Gasteiger partial charge in [0.25, 0.3) is 10.0 Å². The first-order chi connectivity index (χ1) is 8.51. The third kappa shape index (κ3) is 2.87. The van der Waals surface area contributed by atoms with Crippen molar-refractivity contribution in [2.75, 3.05) is 4.72 Å². The highest BCUT2D eigenvalue weighted by atomic mass is 32.2. The van der Waals surface area contributed by atoms with E-state index >= 15 is 0 Å². The Morgan fingerprint density at radius 2 is 2.00 bits per heavy atom. The number of hydrogen-bond donors (Lipinski definition) is 2. The van der Waals surface area contributed by atoms with Crippen LogP contribution >= 0.6 is 11.3 Å². The lowest BCUT2D eigenvalue weighted by Gasteiger charge is -2.05. The molecule has 0 amide bonds. The van der Waals surface area contributed by atoms with Gasteiger partial charge in [0.2, 0.25) is 0 Å². The highest BCUT2D eigenvalue weighted by molar-refractivity contribution is 7.93. The van der Waals surface area contributed by atoms with Gasteiger partial charge < -0.3 is 5.11 Å². The number of nitrogens with one attached hydrogen (secondary N) is 1. The SMILES string of the molecule is Cc1csc(NS(=O)(=O)c2ccc(CO)cc2)n1. The molecular formula is C11H12N2O3S2. The molecular weight excluding hydrogens is 272 g/mol. The first-order valence-corrected chi connectivity index (χ1v) is 7.52. The van der Waals surface area contributed by atoms with E-state index in [1.807, 2.05) is 0 Å². The van der Waals surface area contributed by atoms with Crippen molar-refractivity contribution in [1.29, 1.82) is 0 Å². The average molecular weight is 284 g/mol. The normalized spacial score (nSPS) is 11.4. The molecule has 5 nitrogen and oxygen atoms in total. The van der Waals surface area contributed by atoms with Crippen molar-refractivity contribution < 1.29 is 13.5 Å². The Balaban J connectivity index is 2.24. The fraction of sp³-hybridized carbons (Fsp3) is 0.182. The van der Waals surface area contributed by atoms with Gasteiger partial charge in [0.05, 0.1) is 17.2 Å². The molecule has 0 atom stereocenters. The van der Waals surface area contributed by atoms with Gasteiger partial charge in [-0.25, -0.2) is 13.4 Å². The molecule has 18 heavy (non-hydrogen) atoms. The lowest BCUT2D eigenvalue weighted by atomic mass is 10.2. The van der Waals surface area contributed by atoms with Crippen molar-refractivity contribution in [3.05, 3.63) is 40.9 Å². The van der Waals surface area contributed by atoms with E-state index in [0.717, 1.165) is 5.69 Å². The van der Waals surface area contributed by atoms with Gasteiger partial charge in [-0.15, -0.1) is 11.3 Å². The van der Waals surface area contributed by atoms with Crippen LogP contribution in [0.1, 0.15) is 11.3 Å². The summed E-state index contributed by atoms with van der Waals surface area (Å²) >= 11 is 1.24. The van der Waals surface area contributed by atoms with Gasteiger partial charge in [0.15, 0.2) is 5.13 Å². The number of aryl methyl sites for hydroxylation is 1. The molecule has 0 unspecified atom stereocenters. The predicted octanol–water partition coefficient (Wildman–Crippen LogP) is 1.74. The maximum Gasteiger partial charge on any atom is 0.263 e. The van der Waals surface area contributed by atoms with Gasteiger partial charge in [-0.05, 0) is 24.6 Å². The van der Waals surface area contributed by atoms with Crippen molar-refractivity contribution in [2.45, 2.75) is 18.4 Å². The van der Waals surface area contributed by atoms with Crippen LogP contribution in [0.15, 0.2) is 34.5 Å². The van der Waals surface area contributed by atoms with E-state index in [0.29, 0.717) is 10.7 Å². The number of sulfonamides is 1. The summed E-state index contributed by atoms with van der Waals surface area (Å²) in [5.41, 5.74) is 1.44. The number of benzene rings is 1. The topological polar surface area (TPSA) is 79.3 Å². The number of rotatable bonds is 4. The van der Waals surface area contributed by atoms with Gasteiger partial charge in [0.1, 0.15) is 0 Å². The monoisotopic (exact) mass is 284 g/mol. The lowest BCUT2D eigenvalue weighted by Crippen LogP contribution is -2.12. The number of hydrogen-bond acceptors (Lipinski definition) is 5. The minimum absolute atomic E-state index is 0.112. The molecule has 7 heteroatoms. The van der Waals surface area contributed by atoms with Crippen LogP contribution < -0.4 is 4.72 Å². The molecule has 0 aliphatic carbocycles. The zero-order valence-corrected chi connectivity index (χ0v) is 11.3. The molecule has 1 aromatic heterocycles. The highest BCUT2D eigenvalue weighted by Gasteiger charge is 2.15. The Labute approximate surface area is 109 Å². The van der Waals surface area contributed by atoms with Crippen molar-refractivity contribution in [3.8, 4) is 0 Å². The molecule has 0 fully saturated rings. The molecule has 1 heterocycles. The third-order valence-electron chi connectivity index (χ3n) is 2.26. The second-order valence-corrected chi connectivity index (χ2v) is 6.24. The van der Waals surface area contributed by atoms with E-state index in [1.165, 1.54) is 23.5 Å². The largest absolute Gasteiger partial charge is 0.392 e. The molecule has 2 N–H and O–H groups in total. The summed E-state index contributed by atoms with van der Waals surface area (Å²) in [5, 5.41) is 11.0. The highest BCUT2D eigenvalue weighted by Crippen LogP contribution is 2.20. The molecule has 1 aromatic carbocycles. The fourth-order valence-electron chi connectivity index (χ4n) is 1.35. The van der Waals surface area contributed by atoms with Gasteiger partial charge in [-0.1, -0.05) is 12.1 Å². The number of anilines is 1. The van der Waals surface area contributed by atoms with Crippen molar-refractivity contribution in [2.24, 2.45) is 0 Å². The Bertz CT molecular complexity index is 633. The molecule has 0 aliphatic heterocycles. The summed E-state index contributed by atoms with van der Waals surface area (Å²) < 4.78 is 26.4. The number of nitrogens with zero attached hydrogens (tertiary/aromatic N) is 1. The Kier molecular flexibility index (Phi) is 3.65. The molecule has 0 saturated heterocycles. The first kappa shape index (κ1) is 13.0. The number of aromatic nitrogens is 1. The summed E-state index contributed by atoms with van der Waals surface area (Å²) in [6.45, 7) is 1.68. The van der Waals surface area contributed by atoms with Gasteiger partial charge in [-0.3, -0.25) is 4.72 Å². The van der Waals surface area contributed by atoms with E-state index in [9.17, 15) is 8.42 Å². The van der Waals surface area contributed by atoms with Gasteiger partial charge in [-0.2, -0.15) is 0 Å². The van der Waals surface area contributed by atoms with E-state index in [1.54, 1.807) is 24.4 Å². The minimum Gasteiger partial charge on any atom is -0.392 e. The molecule has 0 spiro atoms. The summed E-state index contributed by atoms with van der Waals surface area (Å²) in [6, 6.07) is 6.05. The first-order valence-electron chi connectivity index (χ1n) is 5.16. The molecule has 2 rings (SSSR count). The van der Waals surface area contributed by atoms with Gasteiger partial charge in [0, 0.05) is 5.38 Å². The van der Waals surface area contributed by atoms with Crippen LogP contribution in [0.25, 0.3) is 0 Å². The smallest absolute Gasteiger partial charge is 0.263 e. The van der Waals surface area contributed by atoms with E-state index in [2.05, 4.69) is 9.71 Å². The third-order valence-corrected chi connectivity index (χ3v) is 4.62. The second kappa shape index (κ2) is 5.05. The Morgan fingerprint density at radius 1 is 1.33 bits per heavy atom. The maximum absolute atomic E-state index is 12.0. The van der Waals surface area contributed by atoms with Crippen LogP contribution in [-0.4, -0.2) is 18.5 Å². The zero-order chi connectivity index (χ0) is 13.2. The maximum atomic E-state index is 12.0. The van der Waals surface area contributed by atoms with E-state index in [-0.39, 0.29) is 11.5 Å². The van der Waals surface area contributed by atoms with Crippen LogP contribution in [0.3, 0.4) is 0 Å². The quantitative estimate of drug-likeness (QED) is 0.896. The second-order valence-electron chi connectivity index (χ2n) is 3.70. The summed E-state index contributed by atoms with van der Waals surface area (Å²) in [7, 11) is -3.61. The molecule has 2 aromatic rings. The zero-order valence-electron chi connectivity index (χ0n) is 9.62. The molecule has 0 bridgehead atoms. The standard InChI is InChI=1S/C11H12N2O3S2/c1-8-7-17-11(12-8)13-18(15,16)10-4-2-9(6-14)3-5-10/h2-5,7,14H,6H2,1H3,(H,12,13). The predicted molar refractivity (Wildman–Crippen MR) is 70.0 cm³/mol. The fourth-order valence-corrected chi connectivity index (χ4v) is 3.29. The van der Waals surface area contributed by atoms with Crippen LogP contribution in [0, 0.1) is 6.92 Å². The van der Waals surface area contributed by atoms with Crippen LogP contribution in [0.2, 0.25) is 0 Å².